The second kappa shape index (κ2) is 7.40. The van der Waals surface area contributed by atoms with Crippen molar-refractivity contribution in [3.8, 4) is 5.75 Å². The van der Waals surface area contributed by atoms with Gasteiger partial charge in [-0.25, -0.2) is 4.79 Å². The van der Waals surface area contributed by atoms with Crippen LogP contribution in [0.5, 0.6) is 5.75 Å². The molecule has 2 atom stereocenters. The van der Waals surface area contributed by atoms with Crippen LogP contribution in [-0.4, -0.2) is 39.0 Å². The molecule has 1 aliphatic heterocycles. The van der Waals surface area contributed by atoms with Crippen molar-refractivity contribution in [3.05, 3.63) is 35.2 Å². The van der Waals surface area contributed by atoms with Gasteiger partial charge < -0.3 is 25.7 Å². The van der Waals surface area contributed by atoms with Crippen molar-refractivity contribution >= 4 is 25.2 Å². The normalized spacial score (nSPS) is 17.5. The number of esters is 2. The molecule has 1 aliphatic rings. The number of carbonyl (C=O) groups excluding carboxylic acids is 2. The first-order chi connectivity index (χ1) is 11.4. The Hall–Kier alpha value is -2.48. The highest BCUT2D eigenvalue weighted by Gasteiger charge is 2.41. The molecule has 24 heavy (non-hydrogen) atoms. The van der Waals surface area contributed by atoms with E-state index in [9.17, 15) is 9.59 Å². The Balaban J connectivity index is 2.55. The summed E-state index contributed by atoms with van der Waals surface area (Å²) in [5.41, 5.74) is 13.6. The van der Waals surface area contributed by atoms with Gasteiger partial charge in [0.1, 0.15) is 25.2 Å². The van der Waals surface area contributed by atoms with E-state index in [2.05, 4.69) is 0 Å². The number of rotatable bonds is 5. The Morgan fingerprint density at radius 3 is 2.58 bits per heavy atom. The summed E-state index contributed by atoms with van der Waals surface area (Å²) >= 11 is 0. The highest BCUT2D eigenvalue weighted by atomic mass is 16.5. The molecule has 1 aromatic rings. The van der Waals surface area contributed by atoms with Crippen LogP contribution in [0.1, 0.15) is 25.3 Å². The van der Waals surface area contributed by atoms with Crippen molar-refractivity contribution in [3.63, 3.8) is 0 Å². The Bertz CT molecular complexity index is 689. The molecular weight excluding hydrogens is 311 g/mol. The van der Waals surface area contributed by atoms with Gasteiger partial charge in [0, 0.05) is 5.56 Å². The summed E-state index contributed by atoms with van der Waals surface area (Å²) in [6.45, 7) is 3.71. The summed E-state index contributed by atoms with van der Waals surface area (Å²) in [5, 5.41) is 0. The van der Waals surface area contributed by atoms with Crippen LogP contribution < -0.4 is 21.7 Å². The first-order valence-corrected chi connectivity index (χ1v) is 7.78. The van der Waals surface area contributed by atoms with Crippen LogP contribution in [0.3, 0.4) is 0 Å². The second-order valence-corrected chi connectivity index (χ2v) is 5.40. The standard InChI is InChI=1S/C16H21BN2O5/c1-3-22-15(20)12-11(13(18)16(21)23-4-2)9-7-8(17)5-6-10(9)24-14(12)19/h5-7,11,13H,3-4,17-19H2,1-2H3. The number of carbonyl (C=O) groups is 2. The van der Waals surface area contributed by atoms with Gasteiger partial charge in [0.05, 0.1) is 19.1 Å². The van der Waals surface area contributed by atoms with Crippen LogP contribution in [0.15, 0.2) is 29.7 Å². The van der Waals surface area contributed by atoms with E-state index in [-0.39, 0.29) is 24.7 Å². The summed E-state index contributed by atoms with van der Waals surface area (Å²) in [7, 11) is 1.89. The van der Waals surface area contributed by atoms with Gasteiger partial charge in [-0.05, 0) is 19.9 Å². The van der Waals surface area contributed by atoms with E-state index in [1.54, 1.807) is 19.9 Å². The molecule has 2 rings (SSSR count). The molecule has 4 N–H and O–H groups in total. The molecular formula is C16H21BN2O5. The zero-order valence-electron chi connectivity index (χ0n) is 14.0. The summed E-state index contributed by atoms with van der Waals surface area (Å²) in [4.78, 5) is 24.5. The van der Waals surface area contributed by atoms with Crippen molar-refractivity contribution in [1.29, 1.82) is 0 Å². The molecule has 0 spiro atoms. The summed E-state index contributed by atoms with van der Waals surface area (Å²) in [5.74, 6) is -1.74. The summed E-state index contributed by atoms with van der Waals surface area (Å²) < 4.78 is 15.6. The van der Waals surface area contributed by atoms with Gasteiger partial charge in [-0.2, -0.15) is 0 Å². The zero-order chi connectivity index (χ0) is 17.9. The second-order valence-electron chi connectivity index (χ2n) is 5.40. The van der Waals surface area contributed by atoms with Crippen LogP contribution >= 0.6 is 0 Å². The average Bonchev–Trinajstić information content (AvgIpc) is 2.53. The van der Waals surface area contributed by atoms with Gasteiger partial charge in [0.2, 0.25) is 5.88 Å². The van der Waals surface area contributed by atoms with E-state index in [4.69, 9.17) is 25.7 Å². The molecule has 1 aromatic carbocycles. The predicted molar refractivity (Wildman–Crippen MR) is 90.4 cm³/mol. The van der Waals surface area contributed by atoms with E-state index in [1.807, 2.05) is 20.0 Å². The zero-order valence-corrected chi connectivity index (χ0v) is 14.0. The van der Waals surface area contributed by atoms with E-state index >= 15 is 0 Å². The number of ether oxygens (including phenoxy) is 3. The lowest BCUT2D eigenvalue weighted by molar-refractivity contribution is -0.145. The molecule has 0 bridgehead atoms. The lowest BCUT2D eigenvalue weighted by atomic mass is 9.80. The van der Waals surface area contributed by atoms with E-state index in [0.717, 1.165) is 5.46 Å². The van der Waals surface area contributed by atoms with Gasteiger partial charge in [-0.3, -0.25) is 4.79 Å². The highest BCUT2D eigenvalue weighted by molar-refractivity contribution is 6.32. The molecule has 0 fully saturated rings. The third-order valence-corrected chi connectivity index (χ3v) is 3.71. The molecule has 0 saturated carbocycles. The van der Waals surface area contributed by atoms with Crippen LogP contribution in [0.4, 0.5) is 0 Å². The van der Waals surface area contributed by atoms with Gasteiger partial charge in [-0.15, -0.1) is 0 Å². The minimum Gasteiger partial charge on any atom is -0.465 e. The fourth-order valence-corrected chi connectivity index (χ4v) is 2.67. The predicted octanol–water partition coefficient (Wildman–Crippen LogP) is -0.955. The van der Waals surface area contributed by atoms with Crippen molar-refractivity contribution in [2.75, 3.05) is 13.2 Å². The number of hydrogen-bond acceptors (Lipinski definition) is 7. The number of fused-ring (bicyclic) bond motifs is 1. The molecule has 0 aliphatic carbocycles. The van der Waals surface area contributed by atoms with Gasteiger partial charge in [-0.1, -0.05) is 17.6 Å². The fraction of sp³-hybridized carbons (Fsp3) is 0.375. The van der Waals surface area contributed by atoms with Crippen molar-refractivity contribution in [2.45, 2.75) is 25.8 Å². The molecule has 8 heteroatoms. The third-order valence-electron chi connectivity index (χ3n) is 3.71. The Labute approximate surface area is 141 Å². The third kappa shape index (κ3) is 3.38. The lowest BCUT2D eigenvalue weighted by Gasteiger charge is -2.31. The Morgan fingerprint density at radius 2 is 1.96 bits per heavy atom. The van der Waals surface area contributed by atoms with E-state index in [0.29, 0.717) is 11.3 Å². The Kier molecular flexibility index (Phi) is 5.51. The van der Waals surface area contributed by atoms with Crippen LogP contribution in [0.25, 0.3) is 0 Å². The molecule has 0 radical (unpaired) electrons. The van der Waals surface area contributed by atoms with Gasteiger partial charge >= 0.3 is 11.9 Å². The maximum Gasteiger partial charge on any atom is 0.340 e. The highest BCUT2D eigenvalue weighted by Crippen LogP contribution is 2.39. The SMILES string of the molecule is Bc1ccc2c(c1)C(C(N)C(=O)OCC)C(C(=O)OCC)=C(N)O2. The van der Waals surface area contributed by atoms with Crippen molar-refractivity contribution in [2.24, 2.45) is 11.5 Å². The minimum atomic E-state index is -1.10. The number of nitrogens with two attached hydrogens (primary N) is 2. The lowest BCUT2D eigenvalue weighted by Crippen LogP contribution is -2.43. The smallest absolute Gasteiger partial charge is 0.340 e. The van der Waals surface area contributed by atoms with Gasteiger partial charge in [0.25, 0.3) is 0 Å². The van der Waals surface area contributed by atoms with Crippen LogP contribution in [-0.2, 0) is 19.1 Å². The maximum absolute atomic E-state index is 12.4. The maximum atomic E-state index is 12.4. The van der Waals surface area contributed by atoms with Gasteiger partial charge in [0.15, 0.2) is 0 Å². The molecule has 7 nitrogen and oxygen atoms in total. The summed E-state index contributed by atoms with van der Waals surface area (Å²) in [6.07, 6.45) is 0. The topological polar surface area (TPSA) is 114 Å². The molecule has 128 valence electrons. The first-order valence-electron chi connectivity index (χ1n) is 7.78. The van der Waals surface area contributed by atoms with Crippen molar-refractivity contribution in [1.82, 2.24) is 0 Å². The number of hydrogen-bond donors (Lipinski definition) is 2. The first kappa shape index (κ1) is 17.9. The molecule has 0 aromatic heterocycles. The van der Waals surface area contributed by atoms with E-state index in [1.165, 1.54) is 0 Å². The average molecular weight is 332 g/mol. The van der Waals surface area contributed by atoms with Crippen LogP contribution in [0, 0.1) is 0 Å². The molecule has 0 saturated heterocycles. The van der Waals surface area contributed by atoms with Crippen molar-refractivity contribution < 1.29 is 23.8 Å². The van der Waals surface area contributed by atoms with Crippen LogP contribution in [0.2, 0.25) is 0 Å². The fourth-order valence-electron chi connectivity index (χ4n) is 2.67. The molecule has 1 heterocycles. The monoisotopic (exact) mass is 332 g/mol. The number of benzene rings is 1. The largest absolute Gasteiger partial charge is 0.465 e. The summed E-state index contributed by atoms with van der Waals surface area (Å²) in [6, 6.07) is 4.27. The van der Waals surface area contributed by atoms with E-state index < -0.39 is 23.9 Å². The molecule has 2 unspecified atom stereocenters. The molecule has 0 amide bonds. The quantitative estimate of drug-likeness (QED) is 0.527. The Morgan fingerprint density at radius 1 is 1.29 bits per heavy atom. The minimum absolute atomic E-state index is 0.0375.